The number of hydrogen-bond donors (Lipinski definition) is 2. The summed E-state index contributed by atoms with van der Waals surface area (Å²) in [6.45, 7) is -0.939. The van der Waals surface area contributed by atoms with Gasteiger partial charge in [-0.2, -0.15) is 0 Å². The normalized spacial score (nSPS) is 10.9. The molecule has 0 aliphatic heterocycles. The summed E-state index contributed by atoms with van der Waals surface area (Å²) in [4.78, 5) is 35.1. The number of hydrogen-bond acceptors (Lipinski definition) is 7. The van der Waals surface area contributed by atoms with Gasteiger partial charge in [0, 0.05) is 13.1 Å². The third-order valence-electron chi connectivity index (χ3n) is 3.76. The van der Waals surface area contributed by atoms with Gasteiger partial charge in [0.25, 0.3) is 5.91 Å². The van der Waals surface area contributed by atoms with Crippen LogP contribution in [0.25, 0.3) is 0 Å². The van der Waals surface area contributed by atoms with Crippen molar-refractivity contribution in [3.05, 3.63) is 57.6 Å². The molecule has 0 atom stereocenters. The summed E-state index contributed by atoms with van der Waals surface area (Å²) in [5.74, 6) is -1.48. The van der Waals surface area contributed by atoms with Crippen molar-refractivity contribution < 1.29 is 27.7 Å². The third-order valence-corrected chi connectivity index (χ3v) is 5.00. The molecule has 0 radical (unpaired) electrons. The molecule has 2 rings (SSSR count). The fourth-order valence-corrected chi connectivity index (χ4v) is 2.96. The highest BCUT2D eigenvalue weighted by molar-refractivity contribution is 7.89. The maximum Gasteiger partial charge on any atom is 0.312 e. The van der Waals surface area contributed by atoms with Gasteiger partial charge >= 0.3 is 5.69 Å². The first kappa shape index (κ1) is 23.1. The van der Waals surface area contributed by atoms with E-state index in [0.29, 0.717) is 10.7 Å². The van der Waals surface area contributed by atoms with Crippen LogP contribution in [0.3, 0.4) is 0 Å². The van der Waals surface area contributed by atoms with E-state index in [0.717, 1.165) is 23.1 Å². The van der Waals surface area contributed by atoms with E-state index in [9.17, 15) is 28.1 Å². The van der Waals surface area contributed by atoms with Crippen molar-refractivity contribution in [2.75, 3.05) is 25.5 Å². The first-order valence-corrected chi connectivity index (χ1v) is 10.1. The second-order valence-corrected chi connectivity index (χ2v) is 7.97. The highest BCUT2D eigenvalue weighted by Crippen LogP contribution is 2.29. The SMILES string of the molecule is CN(CC(=O)Nc1ccccc1Cl)C(=O)COc1ccc(S(N)(=O)=O)cc1[N+](=O)[O-]. The summed E-state index contributed by atoms with van der Waals surface area (Å²) in [7, 11) is -2.81. The fraction of sp³-hybridized carbons (Fsp3) is 0.176. The highest BCUT2D eigenvalue weighted by atomic mass is 35.5. The van der Waals surface area contributed by atoms with E-state index >= 15 is 0 Å². The zero-order valence-electron chi connectivity index (χ0n) is 15.6. The Morgan fingerprint density at radius 1 is 1.27 bits per heavy atom. The van der Waals surface area contributed by atoms with Gasteiger partial charge < -0.3 is 15.0 Å². The summed E-state index contributed by atoms with van der Waals surface area (Å²) in [6, 6.07) is 9.33. The number of primary sulfonamides is 1. The van der Waals surface area contributed by atoms with E-state index < -0.39 is 44.0 Å². The number of nitrogens with one attached hydrogen (secondary N) is 1. The maximum absolute atomic E-state index is 12.2. The molecule has 0 aliphatic rings. The number of carbonyl (C=O) groups excluding carboxylic acids is 2. The van der Waals surface area contributed by atoms with Crippen LogP contribution in [0.5, 0.6) is 5.75 Å². The fourth-order valence-electron chi connectivity index (χ4n) is 2.24. The summed E-state index contributed by atoms with van der Waals surface area (Å²) in [6.07, 6.45) is 0. The number of nitro groups is 1. The van der Waals surface area contributed by atoms with Crippen molar-refractivity contribution >= 4 is 44.8 Å². The molecule has 2 amide bonds. The number of rotatable bonds is 8. The molecule has 0 aliphatic carbocycles. The number of benzene rings is 2. The number of sulfonamides is 1. The van der Waals surface area contributed by atoms with Gasteiger partial charge in [-0.3, -0.25) is 19.7 Å². The Balaban J connectivity index is 2.00. The Morgan fingerprint density at radius 3 is 2.53 bits per heavy atom. The molecular formula is C17H17ClN4O7S. The number of carbonyl (C=O) groups is 2. The van der Waals surface area contributed by atoms with Crippen molar-refractivity contribution in [2.45, 2.75) is 4.90 Å². The maximum atomic E-state index is 12.2. The molecule has 0 heterocycles. The standard InChI is InChI=1S/C17H17ClN4O7S/c1-21(9-16(23)20-13-5-3-2-4-12(13)18)17(24)10-29-15-7-6-11(30(19,27)28)8-14(15)22(25)26/h2-8H,9-10H2,1H3,(H,20,23)(H2,19,27,28). The van der Waals surface area contributed by atoms with Crippen LogP contribution in [-0.2, 0) is 19.6 Å². The molecule has 0 bridgehead atoms. The quantitative estimate of drug-likeness (QED) is 0.447. The number of ether oxygens (including phenoxy) is 1. The molecule has 30 heavy (non-hydrogen) atoms. The topological polar surface area (TPSA) is 162 Å². The number of anilines is 1. The predicted molar refractivity (Wildman–Crippen MR) is 108 cm³/mol. The first-order chi connectivity index (χ1) is 14.0. The number of nitrogens with zero attached hydrogens (tertiary/aromatic N) is 2. The van der Waals surface area contributed by atoms with Gasteiger partial charge in [0.15, 0.2) is 12.4 Å². The van der Waals surface area contributed by atoms with Gasteiger partial charge in [-0.15, -0.1) is 0 Å². The molecule has 0 spiro atoms. The van der Waals surface area contributed by atoms with Gasteiger partial charge in [-0.05, 0) is 24.3 Å². The molecule has 0 unspecified atom stereocenters. The zero-order chi connectivity index (χ0) is 22.5. The summed E-state index contributed by atoms with van der Waals surface area (Å²) < 4.78 is 27.8. The van der Waals surface area contributed by atoms with Crippen LogP contribution >= 0.6 is 11.6 Å². The van der Waals surface area contributed by atoms with E-state index in [4.69, 9.17) is 21.5 Å². The summed E-state index contributed by atoms with van der Waals surface area (Å²) in [5, 5.41) is 19.0. The summed E-state index contributed by atoms with van der Waals surface area (Å²) in [5.41, 5.74) is -0.291. The highest BCUT2D eigenvalue weighted by Gasteiger charge is 2.22. The van der Waals surface area contributed by atoms with Crippen LogP contribution in [0.4, 0.5) is 11.4 Å². The molecule has 0 fully saturated rings. The Morgan fingerprint density at radius 2 is 1.93 bits per heavy atom. The summed E-state index contributed by atoms with van der Waals surface area (Å²) >= 11 is 5.95. The van der Waals surface area contributed by atoms with Crippen molar-refractivity contribution in [2.24, 2.45) is 5.14 Å². The molecule has 2 aromatic carbocycles. The first-order valence-electron chi connectivity index (χ1n) is 8.21. The molecule has 0 saturated carbocycles. The van der Waals surface area contributed by atoms with Crippen molar-refractivity contribution in [1.82, 2.24) is 4.90 Å². The number of halogens is 1. The molecule has 0 saturated heterocycles. The minimum absolute atomic E-state index is 0.320. The Hall–Kier alpha value is -3.22. The Labute approximate surface area is 176 Å². The van der Waals surface area contributed by atoms with Crippen LogP contribution in [0, 0.1) is 10.1 Å². The number of likely N-dealkylation sites (N-methyl/N-ethyl adjacent to an activating group) is 1. The molecular weight excluding hydrogens is 440 g/mol. The van der Waals surface area contributed by atoms with E-state index in [1.54, 1.807) is 24.3 Å². The van der Waals surface area contributed by atoms with E-state index in [2.05, 4.69) is 5.32 Å². The smallest absolute Gasteiger partial charge is 0.312 e. The van der Waals surface area contributed by atoms with Crippen LogP contribution in [-0.4, -0.2) is 50.3 Å². The van der Waals surface area contributed by atoms with Gasteiger partial charge in [-0.1, -0.05) is 23.7 Å². The largest absolute Gasteiger partial charge is 0.477 e. The zero-order valence-corrected chi connectivity index (χ0v) is 17.1. The van der Waals surface area contributed by atoms with Crippen molar-refractivity contribution in [3.63, 3.8) is 0 Å². The lowest BCUT2D eigenvalue weighted by atomic mass is 10.3. The average molecular weight is 457 g/mol. The molecule has 2 aromatic rings. The molecule has 160 valence electrons. The van der Waals surface area contributed by atoms with Gasteiger partial charge in [0.2, 0.25) is 15.9 Å². The monoisotopic (exact) mass is 456 g/mol. The minimum atomic E-state index is -4.15. The minimum Gasteiger partial charge on any atom is -0.477 e. The van der Waals surface area contributed by atoms with Crippen LogP contribution < -0.4 is 15.2 Å². The number of nitro benzene ring substituents is 1. The molecule has 3 N–H and O–H groups in total. The number of para-hydroxylation sites is 1. The van der Waals surface area contributed by atoms with Gasteiger partial charge in [-0.25, -0.2) is 13.6 Å². The molecule has 13 heteroatoms. The van der Waals surface area contributed by atoms with Crippen LogP contribution in [0.1, 0.15) is 0 Å². The van der Waals surface area contributed by atoms with Crippen LogP contribution in [0.2, 0.25) is 5.02 Å². The lowest BCUT2D eigenvalue weighted by Crippen LogP contribution is -2.37. The van der Waals surface area contributed by atoms with Gasteiger partial charge in [0.05, 0.1) is 27.1 Å². The Bertz CT molecular complexity index is 1090. The van der Waals surface area contributed by atoms with Crippen molar-refractivity contribution in [3.8, 4) is 5.75 Å². The van der Waals surface area contributed by atoms with Gasteiger partial charge in [0.1, 0.15) is 0 Å². The molecule has 0 aromatic heterocycles. The Kier molecular flexibility index (Phi) is 7.32. The van der Waals surface area contributed by atoms with Crippen molar-refractivity contribution in [1.29, 1.82) is 0 Å². The average Bonchev–Trinajstić information content (AvgIpc) is 2.66. The van der Waals surface area contributed by atoms with E-state index in [1.165, 1.54) is 7.05 Å². The third kappa shape index (κ3) is 6.14. The van der Waals surface area contributed by atoms with Crippen LogP contribution in [0.15, 0.2) is 47.4 Å². The molecule has 11 nitrogen and oxygen atoms in total. The van der Waals surface area contributed by atoms with E-state index in [-0.39, 0.29) is 12.3 Å². The second kappa shape index (κ2) is 9.52. The van der Waals surface area contributed by atoms with E-state index in [1.807, 2.05) is 0 Å². The predicted octanol–water partition coefficient (Wildman–Crippen LogP) is 1.37. The second-order valence-electron chi connectivity index (χ2n) is 6.00. The number of amides is 2. The lowest BCUT2D eigenvalue weighted by Gasteiger charge is -2.17. The number of nitrogens with two attached hydrogens (primary N) is 1. The lowest BCUT2D eigenvalue weighted by molar-refractivity contribution is -0.386.